The van der Waals surface area contributed by atoms with E-state index in [4.69, 9.17) is 9.47 Å². The van der Waals surface area contributed by atoms with Crippen LogP contribution in [0.25, 0.3) is 0 Å². The number of fused-ring (bicyclic) bond motifs is 1. The molecule has 4 heteroatoms. The molecule has 1 amide bonds. The van der Waals surface area contributed by atoms with E-state index in [-0.39, 0.29) is 12.0 Å². The van der Waals surface area contributed by atoms with Crippen molar-refractivity contribution in [2.24, 2.45) is 0 Å². The van der Waals surface area contributed by atoms with E-state index >= 15 is 0 Å². The molecule has 1 unspecified atom stereocenters. The molecule has 0 spiro atoms. The molecule has 0 bridgehead atoms. The summed E-state index contributed by atoms with van der Waals surface area (Å²) in [6.45, 7) is 4.12. The van der Waals surface area contributed by atoms with Gasteiger partial charge in [0.1, 0.15) is 18.5 Å². The van der Waals surface area contributed by atoms with Crippen molar-refractivity contribution in [2.75, 3.05) is 24.7 Å². The molecule has 4 nitrogen and oxygen atoms in total. The average molecular weight is 247 g/mol. The molecule has 1 aromatic carbocycles. The monoisotopic (exact) mass is 247 g/mol. The van der Waals surface area contributed by atoms with Gasteiger partial charge >= 0.3 is 0 Å². The fourth-order valence-corrected chi connectivity index (χ4v) is 2.39. The van der Waals surface area contributed by atoms with Gasteiger partial charge in [-0.3, -0.25) is 4.79 Å². The first-order chi connectivity index (χ1) is 8.79. The molecule has 1 saturated heterocycles. The van der Waals surface area contributed by atoms with E-state index in [0.717, 1.165) is 30.0 Å². The van der Waals surface area contributed by atoms with Crippen LogP contribution in [0, 0.1) is 0 Å². The molecule has 2 heterocycles. The molecule has 2 aliphatic rings. The van der Waals surface area contributed by atoms with Gasteiger partial charge in [0.15, 0.2) is 0 Å². The number of nitrogens with zero attached hydrogens (tertiary/aromatic N) is 1. The molecular weight excluding hydrogens is 230 g/mol. The van der Waals surface area contributed by atoms with Crippen molar-refractivity contribution in [1.82, 2.24) is 0 Å². The Morgan fingerprint density at radius 1 is 1.44 bits per heavy atom. The zero-order valence-electron chi connectivity index (χ0n) is 10.5. The van der Waals surface area contributed by atoms with Crippen LogP contribution in [0.15, 0.2) is 18.2 Å². The highest BCUT2D eigenvalue weighted by molar-refractivity contribution is 5.96. The molecule has 0 aliphatic carbocycles. The summed E-state index contributed by atoms with van der Waals surface area (Å²) in [6, 6.07) is 5.92. The number of carbonyl (C=O) groups is 1. The second kappa shape index (κ2) is 4.61. The van der Waals surface area contributed by atoms with Crippen molar-refractivity contribution >= 4 is 11.6 Å². The van der Waals surface area contributed by atoms with E-state index in [1.807, 2.05) is 30.0 Å². The van der Waals surface area contributed by atoms with Gasteiger partial charge in [-0.2, -0.15) is 0 Å². The number of carbonyl (C=O) groups excluding carboxylic acids is 1. The molecule has 2 aliphatic heterocycles. The van der Waals surface area contributed by atoms with Crippen molar-refractivity contribution in [3.63, 3.8) is 0 Å². The molecule has 0 radical (unpaired) electrons. The lowest BCUT2D eigenvalue weighted by molar-refractivity contribution is -0.118. The highest BCUT2D eigenvalue weighted by Crippen LogP contribution is 2.34. The van der Waals surface area contributed by atoms with Crippen LogP contribution in [0.1, 0.15) is 18.9 Å². The van der Waals surface area contributed by atoms with Crippen LogP contribution < -0.4 is 9.64 Å². The fourth-order valence-electron chi connectivity index (χ4n) is 2.39. The Morgan fingerprint density at radius 2 is 2.28 bits per heavy atom. The second-order valence-electron chi connectivity index (χ2n) is 4.66. The summed E-state index contributed by atoms with van der Waals surface area (Å²) in [5.74, 6) is 1.10. The fraction of sp³-hybridized carbons (Fsp3) is 0.500. The van der Waals surface area contributed by atoms with Crippen molar-refractivity contribution in [2.45, 2.75) is 25.9 Å². The van der Waals surface area contributed by atoms with Crippen molar-refractivity contribution < 1.29 is 14.3 Å². The third-order valence-electron chi connectivity index (χ3n) is 3.43. The maximum absolute atomic E-state index is 11.8. The summed E-state index contributed by atoms with van der Waals surface area (Å²) < 4.78 is 10.9. The first-order valence-corrected chi connectivity index (χ1v) is 6.46. The lowest BCUT2D eigenvalue weighted by atomic mass is 10.00. The molecule has 0 N–H and O–H groups in total. The van der Waals surface area contributed by atoms with E-state index in [0.29, 0.717) is 19.6 Å². The summed E-state index contributed by atoms with van der Waals surface area (Å²) in [4.78, 5) is 13.7. The lowest BCUT2D eigenvalue weighted by Gasteiger charge is -2.29. The first-order valence-electron chi connectivity index (χ1n) is 6.46. The Hall–Kier alpha value is -1.55. The molecule has 1 atom stereocenters. The SMILES string of the molecule is CCN1C(=O)CCc2c(OCC3CO3)cccc21. The third-order valence-corrected chi connectivity index (χ3v) is 3.43. The number of hydrogen-bond acceptors (Lipinski definition) is 3. The number of ether oxygens (including phenoxy) is 2. The Kier molecular flexibility index (Phi) is 2.96. The smallest absolute Gasteiger partial charge is 0.227 e. The van der Waals surface area contributed by atoms with Gasteiger partial charge in [0.25, 0.3) is 0 Å². The van der Waals surface area contributed by atoms with Gasteiger partial charge in [0, 0.05) is 18.5 Å². The Bertz CT molecular complexity index is 468. The summed E-state index contributed by atoms with van der Waals surface area (Å²) >= 11 is 0. The summed E-state index contributed by atoms with van der Waals surface area (Å²) in [7, 11) is 0. The molecule has 1 aromatic rings. The van der Waals surface area contributed by atoms with E-state index in [1.165, 1.54) is 0 Å². The molecule has 3 rings (SSSR count). The van der Waals surface area contributed by atoms with Gasteiger partial charge in [-0.05, 0) is 25.5 Å². The van der Waals surface area contributed by atoms with E-state index in [1.54, 1.807) is 0 Å². The van der Waals surface area contributed by atoms with Crippen molar-refractivity contribution in [1.29, 1.82) is 0 Å². The standard InChI is InChI=1S/C14H17NO3/c1-2-15-12-4-3-5-13(18-9-10-8-17-10)11(12)6-7-14(15)16/h3-5,10H,2,6-9H2,1H3. The molecule has 1 fully saturated rings. The van der Waals surface area contributed by atoms with E-state index < -0.39 is 0 Å². The maximum Gasteiger partial charge on any atom is 0.227 e. The minimum atomic E-state index is 0.202. The van der Waals surface area contributed by atoms with Gasteiger partial charge in [-0.25, -0.2) is 0 Å². The number of benzene rings is 1. The molecule has 18 heavy (non-hydrogen) atoms. The zero-order valence-corrected chi connectivity index (χ0v) is 10.5. The molecular formula is C14H17NO3. The number of anilines is 1. The van der Waals surface area contributed by atoms with Gasteiger partial charge < -0.3 is 14.4 Å². The van der Waals surface area contributed by atoms with Crippen LogP contribution >= 0.6 is 0 Å². The summed E-state index contributed by atoms with van der Waals surface area (Å²) in [5.41, 5.74) is 2.16. The van der Waals surface area contributed by atoms with Crippen LogP contribution in [-0.2, 0) is 16.0 Å². The number of amides is 1. The topological polar surface area (TPSA) is 42.1 Å². The Labute approximate surface area is 106 Å². The largest absolute Gasteiger partial charge is 0.490 e. The van der Waals surface area contributed by atoms with Gasteiger partial charge in [-0.15, -0.1) is 0 Å². The van der Waals surface area contributed by atoms with Crippen LogP contribution in [0.5, 0.6) is 5.75 Å². The van der Waals surface area contributed by atoms with E-state index in [2.05, 4.69) is 0 Å². The number of hydrogen-bond donors (Lipinski definition) is 0. The van der Waals surface area contributed by atoms with Crippen LogP contribution in [-0.4, -0.2) is 31.8 Å². The van der Waals surface area contributed by atoms with Gasteiger partial charge in [0.2, 0.25) is 5.91 Å². The molecule has 0 aromatic heterocycles. The quantitative estimate of drug-likeness (QED) is 0.761. The van der Waals surface area contributed by atoms with Crippen LogP contribution in [0.3, 0.4) is 0 Å². The van der Waals surface area contributed by atoms with Gasteiger partial charge in [0.05, 0.1) is 12.3 Å². The minimum absolute atomic E-state index is 0.202. The minimum Gasteiger partial charge on any atom is -0.490 e. The summed E-state index contributed by atoms with van der Waals surface area (Å²) in [6.07, 6.45) is 1.60. The first kappa shape index (κ1) is 11.5. The molecule has 0 saturated carbocycles. The Balaban J connectivity index is 1.87. The van der Waals surface area contributed by atoms with Crippen molar-refractivity contribution in [3.05, 3.63) is 23.8 Å². The van der Waals surface area contributed by atoms with Gasteiger partial charge in [-0.1, -0.05) is 6.07 Å². The Morgan fingerprint density at radius 3 is 3.00 bits per heavy atom. The third kappa shape index (κ3) is 2.08. The van der Waals surface area contributed by atoms with Crippen molar-refractivity contribution in [3.8, 4) is 5.75 Å². The molecule has 96 valence electrons. The maximum atomic E-state index is 11.8. The zero-order chi connectivity index (χ0) is 12.5. The normalized spacial score (nSPS) is 21.7. The van der Waals surface area contributed by atoms with Crippen LogP contribution in [0.4, 0.5) is 5.69 Å². The number of rotatable bonds is 4. The average Bonchev–Trinajstić information content (AvgIpc) is 3.20. The van der Waals surface area contributed by atoms with E-state index in [9.17, 15) is 4.79 Å². The van der Waals surface area contributed by atoms with Crippen LogP contribution in [0.2, 0.25) is 0 Å². The number of epoxide rings is 1. The highest BCUT2D eigenvalue weighted by atomic mass is 16.6. The highest BCUT2D eigenvalue weighted by Gasteiger charge is 2.27. The predicted molar refractivity (Wildman–Crippen MR) is 68.0 cm³/mol. The predicted octanol–water partition coefficient (Wildman–Crippen LogP) is 1.76. The second-order valence-corrected chi connectivity index (χ2v) is 4.66. The lowest BCUT2D eigenvalue weighted by Crippen LogP contribution is -2.35. The summed E-state index contributed by atoms with van der Waals surface area (Å²) in [5, 5.41) is 0.